The lowest BCUT2D eigenvalue weighted by molar-refractivity contribution is 0.0838. The van der Waals surface area contributed by atoms with Crippen molar-refractivity contribution in [3.05, 3.63) is 84.0 Å². The van der Waals surface area contributed by atoms with E-state index in [9.17, 15) is 4.79 Å². The van der Waals surface area contributed by atoms with Gasteiger partial charge in [0.05, 0.1) is 18.9 Å². The molecule has 6 rings (SSSR count). The summed E-state index contributed by atoms with van der Waals surface area (Å²) in [5, 5.41) is 7.59. The monoisotopic (exact) mass is 526 g/mol. The van der Waals surface area contributed by atoms with E-state index >= 15 is 0 Å². The quantitative estimate of drug-likeness (QED) is 0.251. The maximum absolute atomic E-state index is 13.3. The van der Waals surface area contributed by atoms with Crippen LogP contribution in [0.1, 0.15) is 18.5 Å². The molecule has 0 unspecified atom stereocenters. The summed E-state index contributed by atoms with van der Waals surface area (Å²) in [6.07, 6.45) is 4.90. The first-order valence-electron chi connectivity index (χ1n) is 12.9. The summed E-state index contributed by atoms with van der Waals surface area (Å²) in [5.41, 5.74) is 3.90. The first-order valence-corrected chi connectivity index (χ1v) is 13.8. The van der Waals surface area contributed by atoms with Crippen LogP contribution in [0.4, 0.5) is 10.5 Å². The summed E-state index contributed by atoms with van der Waals surface area (Å²) >= 11 is 1.63. The van der Waals surface area contributed by atoms with Crippen LogP contribution in [0.25, 0.3) is 27.0 Å². The summed E-state index contributed by atoms with van der Waals surface area (Å²) in [6, 6.07) is 22.1. The molecule has 7 nitrogen and oxygen atoms in total. The fourth-order valence-electron chi connectivity index (χ4n) is 4.96. The molecule has 0 bridgehead atoms. The first-order chi connectivity index (χ1) is 18.7. The smallest absolute Gasteiger partial charge is 0.321 e. The molecule has 38 heavy (non-hydrogen) atoms. The minimum Gasteiger partial charge on any atom is -0.497 e. The predicted molar refractivity (Wildman–Crippen MR) is 152 cm³/mol. The molecule has 1 saturated heterocycles. The number of urea groups is 1. The number of amides is 2. The van der Waals surface area contributed by atoms with Crippen LogP contribution in [0.5, 0.6) is 5.75 Å². The van der Waals surface area contributed by atoms with Gasteiger partial charge in [-0.05, 0) is 41.8 Å². The van der Waals surface area contributed by atoms with E-state index in [1.165, 1.54) is 10.8 Å². The van der Waals surface area contributed by atoms with Crippen LogP contribution in [0.2, 0.25) is 0 Å². The van der Waals surface area contributed by atoms with E-state index in [-0.39, 0.29) is 12.1 Å². The highest BCUT2D eigenvalue weighted by molar-refractivity contribution is 7.15. The molecule has 1 aliphatic heterocycles. The van der Waals surface area contributed by atoms with Crippen LogP contribution in [0, 0.1) is 0 Å². The largest absolute Gasteiger partial charge is 0.497 e. The third kappa shape index (κ3) is 5.23. The fourth-order valence-corrected chi connectivity index (χ4v) is 5.87. The zero-order chi connectivity index (χ0) is 25.9. The zero-order valence-corrected chi connectivity index (χ0v) is 22.1. The van der Waals surface area contributed by atoms with Crippen LogP contribution in [-0.4, -0.2) is 53.2 Å². The fraction of sp³-hybridized carbons (Fsp3) is 0.267. The Morgan fingerprint density at radius 3 is 2.89 bits per heavy atom. The Morgan fingerprint density at radius 1 is 1.16 bits per heavy atom. The van der Waals surface area contributed by atoms with Crippen molar-refractivity contribution in [1.29, 1.82) is 0 Å². The van der Waals surface area contributed by atoms with Crippen LogP contribution >= 0.6 is 11.3 Å². The van der Waals surface area contributed by atoms with Crippen molar-refractivity contribution in [2.45, 2.75) is 25.4 Å². The number of rotatable bonds is 8. The van der Waals surface area contributed by atoms with Crippen molar-refractivity contribution in [3.63, 3.8) is 0 Å². The Bertz CT molecular complexity index is 1570. The molecule has 0 saturated carbocycles. The number of carbonyl (C=O) groups excluding carboxylic acids is 1. The summed E-state index contributed by atoms with van der Waals surface area (Å²) < 4.78 is 13.3. The Kier molecular flexibility index (Phi) is 6.98. The van der Waals surface area contributed by atoms with E-state index in [4.69, 9.17) is 14.5 Å². The van der Waals surface area contributed by atoms with Crippen LogP contribution < -0.4 is 10.1 Å². The number of ether oxygens (including phenoxy) is 2. The molecule has 0 aliphatic carbocycles. The number of benzene rings is 3. The van der Waals surface area contributed by atoms with Gasteiger partial charge in [0.2, 0.25) is 0 Å². The second kappa shape index (κ2) is 10.8. The minimum absolute atomic E-state index is 0.0707. The summed E-state index contributed by atoms with van der Waals surface area (Å²) in [5.74, 6) is 0.705. The molecule has 2 aromatic heterocycles. The highest BCUT2D eigenvalue weighted by Crippen LogP contribution is 2.27. The number of thiazole rings is 1. The molecule has 1 aliphatic rings. The molecular formula is C30H30N4O3S. The molecule has 2 amide bonds. The van der Waals surface area contributed by atoms with Gasteiger partial charge in [-0.1, -0.05) is 42.5 Å². The van der Waals surface area contributed by atoms with E-state index in [2.05, 4.69) is 63.8 Å². The summed E-state index contributed by atoms with van der Waals surface area (Å²) in [7, 11) is 1.62. The minimum atomic E-state index is -0.136. The van der Waals surface area contributed by atoms with Gasteiger partial charge in [0.15, 0.2) is 4.96 Å². The number of nitrogens with zero attached hydrogens (tertiary/aromatic N) is 3. The standard InChI is InChI=1S/C30H30N4O3S/c1-36-26-9-4-8-24(17-26)31-29(35)33(18-27-10-5-15-37-27)14-13-25-20-38-30-32-28(19-34(25)30)23-12-11-21-6-2-3-7-22(21)16-23/h2-4,6-9,11-12,16-17,19-20,27H,5,10,13-15,18H2,1H3,(H,31,35)/t27-/m1/s1. The van der Waals surface area contributed by atoms with Gasteiger partial charge in [0, 0.05) is 60.7 Å². The molecule has 1 N–H and O–H groups in total. The van der Waals surface area contributed by atoms with Crippen molar-refractivity contribution in [3.8, 4) is 17.0 Å². The molecule has 8 heteroatoms. The highest BCUT2D eigenvalue weighted by atomic mass is 32.1. The predicted octanol–water partition coefficient (Wildman–Crippen LogP) is 6.48. The van der Waals surface area contributed by atoms with Gasteiger partial charge in [-0.3, -0.25) is 4.40 Å². The first kappa shape index (κ1) is 24.5. The van der Waals surface area contributed by atoms with Crippen molar-refractivity contribution >= 4 is 38.8 Å². The number of nitrogens with one attached hydrogen (secondary N) is 1. The number of anilines is 1. The number of fused-ring (bicyclic) bond motifs is 2. The lowest BCUT2D eigenvalue weighted by Crippen LogP contribution is -2.41. The average molecular weight is 527 g/mol. The lowest BCUT2D eigenvalue weighted by Gasteiger charge is -2.26. The normalized spacial score (nSPS) is 15.2. The number of hydrogen-bond donors (Lipinski definition) is 1. The van der Waals surface area contributed by atoms with Gasteiger partial charge in [-0.25, -0.2) is 9.78 Å². The van der Waals surface area contributed by atoms with Crippen molar-refractivity contribution < 1.29 is 14.3 Å². The SMILES string of the molecule is COc1cccc(NC(=O)N(CCc2csc3nc(-c4ccc5ccccc5c4)cn23)C[C@H]2CCCO2)c1. The van der Waals surface area contributed by atoms with E-state index in [1.54, 1.807) is 18.4 Å². The van der Waals surface area contributed by atoms with Gasteiger partial charge >= 0.3 is 6.03 Å². The summed E-state index contributed by atoms with van der Waals surface area (Å²) in [4.78, 5) is 21.0. The maximum Gasteiger partial charge on any atom is 0.321 e. The second-order valence-corrected chi connectivity index (χ2v) is 10.4. The maximum atomic E-state index is 13.3. The van der Waals surface area contributed by atoms with Gasteiger partial charge in [0.1, 0.15) is 5.75 Å². The Labute approximate surface area is 225 Å². The molecule has 0 radical (unpaired) electrons. The lowest BCUT2D eigenvalue weighted by atomic mass is 10.1. The molecule has 194 valence electrons. The Balaban J connectivity index is 1.20. The second-order valence-electron chi connectivity index (χ2n) is 9.56. The van der Waals surface area contributed by atoms with Crippen LogP contribution in [0.15, 0.2) is 78.3 Å². The molecular weight excluding hydrogens is 496 g/mol. The number of imidazole rings is 1. The Hall–Kier alpha value is -3.88. The van der Waals surface area contributed by atoms with Crippen molar-refractivity contribution in [2.24, 2.45) is 0 Å². The summed E-state index contributed by atoms with van der Waals surface area (Å²) in [6.45, 7) is 1.90. The van der Waals surface area contributed by atoms with E-state index < -0.39 is 0 Å². The van der Waals surface area contributed by atoms with Gasteiger partial charge in [-0.15, -0.1) is 11.3 Å². The molecule has 1 fully saturated rings. The van der Waals surface area contributed by atoms with Crippen molar-refractivity contribution in [1.82, 2.24) is 14.3 Å². The van der Waals surface area contributed by atoms with Crippen molar-refractivity contribution in [2.75, 3.05) is 32.1 Å². The number of carbonyl (C=O) groups is 1. The third-order valence-corrected chi connectivity index (χ3v) is 7.91. The zero-order valence-electron chi connectivity index (χ0n) is 21.3. The third-order valence-electron chi connectivity index (χ3n) is 7.02. The van der Waals surface area contributed by atoms with Gasteiger partial charge in [-0.2, -0.15) is 0 Å². The number of methoxy groups -OCH3 is 1. The van der Waals surface area contributed by atoms with Crippen LogP contribution in [0.3, 0.4) is 0 Å². The number of hydrogen-bond acceptors (Lipinski definition) is 5. The molecule has 5 aromatic rings. The van der Waals surface area contributed by atoms with E-state index in [0.29, 0.717) is 30.9 Å². The molecule has 0 spiro atoms. The topological polar surface area (TPSA) is 68.1 Å². The van der Waals surface area contributed by atoms with Gasteiger partial charge < -0.3 is 19.7 Å². The molecule has 1 atom stereocenters. The molecule has 3 aromatic carbocycles. The molecule has 3 heterocycles. The van der Waals surface area contributed by atoms with E-state index in [1.807, 2.05) is 29.2 Å². The Morgan fingerprint density at radius 2 is 2.05 bits per heavy atom. The van der Waals surface area contributed by atoms with E-state index in [0.717, 1.165) is 41.4 Å². The average Bonchev–Trinajstić information content (AvgIpc) is 3.69. The highest BCUT2D eigenvalue weighted by Gasteiger charge is 2.23. The number of aromatic nitrogens is 2. The van der Waals surface area contributed by atoms with Crippen LogP contribution in [-0.2, 0) is 11.2 Å². The van der Waals surface area contributed by atoms with Gasteiger partial charge in [0.25, 0.3) is 0 Å².